The quantitative estimate of drug-likeness (QED) is 0.764. The minimum absolute atomic E-state index is 0.313. The minimum atomic E-state index is -1.14. The SMILES string of the molecule is Cc1cccc(C)c1OCC(=O)O[C@H](C)C(=O)N1c2ccccc2NC(=O)C1(C)C. The number of para-hydroxylation sites is 3. The molecule has 158 valence electrons. The number of nitrogens with zero attached hydrogens (tertiary/aromatic N) is 1. The van der Waals surface area contributed by atoms with Crippen molar-refractivity contribution < 1.29 is 23.9 Å². The largest absolute Gasteiger partial charge is 0.481 e. The second kappa shape index (κ2) is 8.18. The Kier molecular flexibility index (Phi) is 5.82. The number of fused-ring (bicyclic) bond motifs is 1. The van der Waals surface area contributed by atoms with Crippen LogP contribution in [0.2, 0.25) is 0 Å². The van der Waals surface area contributed by atoms with Gasteiger partial charge in [0.2, 0.25) is 5.91 Å². The van der Waals surface area contributed by atoms with Crippen molar-refractivity contribution in [2.24, 2.45) is 0 Å². The van der Waals surface area contributed by atoms with Crippen molar-refractivity contribution >= 4 is 29.2 Å². The van der Waals surface area contributed by atoms with Crippen molar-refractivity contribution in [3.8, 4) is 5.75 Å². The van der Waals surface area contributed by atoms with Gasteiger partial charge in [-0.2, -0.15) is 0 Å². The first-order chi connectivity index (χ1) is 14.1. The summed E-state index contributed by atoms with van der Waals surface area (Å²) in [5.74, 6) is -0.837. The second-order valence-corrected chi connectivity index (χ2v) is 7.85. The highest BCUT2D eigenvalue weighted by Crippen LogP contribution is 2.37. The molecule has 3 rings (SSSR count). The van der Waals surface area contributed by atoms with E-state index >= 15 is 0 Å². The fraction of sp³-hybridized carbons (Fsp3) is 0.348. The summed E-state index contributed by atoms with van der Waals surface area (Å²) in [6.45, 7) is 8.25. The maximum atomic E-state index is 13.2. The molecule has 7 heteroatoms. The van der Waals surface area contributed by atoms with Crippen LogP contribution < -0.4 is 15.0 Å². The molecule has 0 spiro atoms. The molecule has 2 aromatic carbocycles. The van der Waals surface area contributed by atoms with Crippen LogP contribution in [-0.2, 0) is 19.1 Å². The van der Waals surface area contributed by atoms with Crippen molar-refractivity contribution in [1.82, 2.24) is 0 Å². The third kappa shape index (κ3) is 4.01. The molecule has 2 amide bonds. The van der Waals surface area contributed by atoms with E-state index in [-0.39, 0.29) is 12.5 Å². The number of anilines is 2. The number of benzene rings is 2. The lowest BCUT2D eigenvalue weighted by Gasteiger charge is -2.42. The molecule has 1 aliphatic heterocycles. The molecule has 1 N–H and O–H groups in total. The van der Waals surface area contributed by atoms with Crippen LogP contribution >= 0.6 is 0 Å². The average molecular weight is 410 g/mol. The van der Waals surface area contributed by atoms with Gasteiger partial charge in [0.05, 0.1) is 11.4 Å². The lowest BCUT2D eigenvalue weighted by Crippen LogP contribution is -2.60. The van der Waals surface area contributed by atoms with Crippen LogP contribution in [0.15, 0.2) is 42.5 Å². The summed E-state index contributed by atoms with van der Waals surface area (Å²) in [6.07, 6.45) is -1.09. The molecule has 0 fully saturated rings. The van der Waals surface area contributed by atoms with Crippen LogP contribution in [0.5, 0.6) is 5.75 Å². The second-order valence-electron chi connectivity index (χ2n) is 7.85. The van der Waals surface area contributed by atoms with Gasteiger partial charge in [-0.25, -0.2) is 4.79 Å². The Morgan fingerprint density at radius 3 is 2.37 bits per heavy atom. The van der Waals surface area contributed by atoms with Gasteiger partial charge in [-0.3, -0.25) is 14.5 Å². The lowest BCUT2D eigenvalue weighted by atomic mass is 9.95. The van der Waals surface area contributed by atoms with Crippen LogP contribution in [-0.4, -0.2) is 36.0 Å². The van der Waals surface area contributed by atoms with E-state index < -0.39 is 23.5 Å². The Labute approximate surface area is 176 Å². The number of rotatable bonds is 5. The molecular weight excluding hydrogens is 384 g/mol. The highest BCUT2D eigenvalue weighted by atomic mass is 16.6. The maximum Gasteiger partial charge on any atom is 0.344 e. The monoisotopic (exact) mass is 410 g/mol. The molecule has 1 atom stereocenters. The van der Waals surface area contributed by atoms with E-state index in [1.165, 1.54) is 11.8 Å². The number of nitrogens with one attached hydrogen (secondary N) is 1. The van der Waals surface area contributed by atoms with Crippen molar-refractivity contribution in [3.05, 3.63) is 53.6 Å². The summed E-state index contributed by atoms with van der Waals surface area (Å²) >= 11 is 0. The molecule has 0 bridgehead atoms. The zero-order valence-electron chi connectivity index (χ0n) is 17.8. The fourth-order valence-corrected chi connectivity index (χ4v) is 3.47. The van der Waals surface area contributed by atoms with Gasteiger partial charge in [-0.1, -0.05) is 30.3 Å². The van der Waals surface area contributed by atoms with Crippen LogP contribution in [0.1, 0.15) is 31.9 Å². The Morgan fingerprint density at radius 1 is 1.07 bits per heavy atom. The van der Waals surface area contributed by atoms with Gasteiger partial charge in [0.25, 0.3) is 5.91 Å². The molecular formula is C23H26N2O5. The molecule has 0 saturated carbocycles. The summed E-state index contributed by atoms with van der Waals surface area (Å²) in [4.78, 5) is 39.4. The van der Waals surface area contributed by atoms with Crippen LogP contribution in [0.3, 0.4) is 0 Å². The first kappa shape index (κ1) is 21.4. The number of ether oxygens (including phenoxy) is 2. The third-order valence-corrected chi connectivity index (χ3v) is 5.13. The first-order valence-electron chi connectivity index (χ1n) is 9.76. The van der Waals surface area contributed by atoms with Gasteiger partial charge in [0, 0.05) is 0 Å². The van der Waals surface area contributed by atoms with E-state index in [4.69, 9.17) is 9.47 Å². The smallest absolute Gasteiger partial charge is 0.344 e. The fourth-order valence-electron chi connectivity index (χ4n) is 3.47. The van der Waals surface area contributed by atoms with Crippen LogP contribution in [0.25, 0.3) is 0 Å². The lowest BCUT2D eigenvalue weighted by molar-refractivity contribution is -0.156. The molecule has 2 aromatic rings. The maximum absolute atomic E-state index is 13.2. The molecule has 0 aromatic heterocycles. The van der Waals surface area contributed by atoms with Crippen molar-refractivity contribution in [2.75, 3.05) is 16.8 Å². The van der Waals surface area contributed by atoms with E-state index in [2.05, 4.69) is 5.32 Å². The Bertz CT molecular complexity index is 979. The Morgan fingerprint density at radius 2 is 1.70 bits per heavy atom. The molecule has 30 heavy (non-hydrogen) atoms. The number of esters is 1. The summed E-state index contributed by atoms with van der Waals surface area (Å²) in [7, 11) is 0. The molecule has 0 radical (unpaired) electrons. The summed E-state index contributed by atoms with van der Waals surface area (Å²) < 4.78 is 10.9. The topological polar surface area (TPSA) is 84.9 Å². The zero-order chi connectivity index (χ0) is 22.1. The molecule has 1 aliphatic rings. The molecule has 0 unspecified atom stereocenters. The van der Waals surface area contributed by atoms with E-state index in [1.54, 1.807) is 38.1 Å². The van der Waals surface area contributed by atoms with E-state index in [0.717, 1.165) is 11.1 Å². The van der Waals surface area contributed by atoms with E-state index in [0.29, 0.717) is 17.1 Å². The number of amides is 2. The van der Waals surface area contributed by atoms with Gasteiger partial charge in [-0.05, 0) is 57.9 Å². The van der Waals surface area contributed by atoms with Gasteiger partial charge in [0.1, 0.15) is 11.3 Å². The summed E-state index contributed by atoms with van der Waals surface area (Å²) in [5, 5.41) is 2.80. The number of carbonyl (C=O) groups is 3. The molecule has 0 saturated heterocycles. The minimum Gasteiger partial charge on any atom is -0.481 e. The van der Waals surface area contributed by atoms with Gasteiger partial charge in [0.15, 0.2) is 12.7 Å². The summed E-state index contributed by atoms with van der Waals surface area (Å²) in [6, 6.07) is 12.7. The predicted molar refractivity (Wildman–Crippen MR) is 114 cm³/mol. The summed E-state index contributed by atoms with van der Waals surface area (Å²) in [5.41, 5.74) is 1.77. The molecule has 1 heterocycles. The van der Waals surface area contributed by atoms with Crippen LogP contribution in [0.4, 0.5) is 11.4 Å². The van der Waals surface area contributed by atoms with Crippen molar-refractivity contribution in [1.29, 1.82) is 0 Å². The van der Waals surface area contributed by atoms with Gasteiger partial charge < -0.3 is 14.8 Å². The first-order valence-corrected chi connectivity index (χ1v) is 9.76. The molecule has 0 aliphatic carbocycles. The third-order valence-electron chi connectivity index (χ3n) is 5.13. The number of hydrogen-bond acceptors (Lipinski definition) is 5. The zero-order valence-corrected chi connectivity index (χ0v) is 17.8. The Balaban J connectivity index is 1.72. The number of hydrogen-bond donors (Lipinski definition) is 1. The van der Waals surface area contributed by atoms with Gasteiger partial charge in [-0.15, -0.1) is 0 Å². The molecule has 7 nitrogen and oxygen atoms in total. The van der Waals surface area contributed by atoms with E-state index in [1.807, 2.05) is 32.0 Å². The Hall–Kier alpha value is -3.35. The normalized spacial score (nSPS) is 15.6. The van der Waals surface area contributed by atoms with Crippen LogP contribution in [0, 0.1) is 13.8 Å². The predicted octanol–water partition coefficient (Wildman–Crippen LogP) is 3.38. The number of carbonyl (C=O) groups excluding carboxylic acids is 3. The van der Waals surface area contributed by atoms with Crippen molar-refractivity contribution in [2.45, 2.75) is 46.3 Å². The average Bonchev–Trinajstić information content (AvgIpc) is 2.68. The highest BCUT2D eigenvalue weighted by molar-refractivity contribution is 6.15. The van der Waals surface area contributed by atoms with E-state index in [9.17, 15) is 14.4 Å². The number of aryl methyl sites for hydroxylation is 2. The van der Waals surface area contributed by atoms with Gasteiger partial charge >= 0.3 is 5.97 Å². The van der Waals surface area contributed by atoms with Crippen molar-refractivity contribution in [3.63, 3.8) is 0 Å². The standard InChI is InChI=1S/C23H26N2O5/c1-14-9-8-10-15(2)20(14)29-13-19(26)30-16(3)21(27)25-18-12-7-6-11-17(18)24-22(28)23(25,4)5/h6-12,16H,13H2,1-5H3,(H,24,28)/t16-/m1/s1. The highest BCUT2D eigenvalue weighted by Gasteiger charge is 2.45.